The van der Waals surface area contributed by atoms with Crippen molar-refractivity contribution >= 4 is 41.2 Å². The van der Waals surface area contributed by atoms with Crippen molar-refractivity contribution in [3.63, 3.8) is 0 Å². The van der Waals surface area contributed by atoms with E-state index in [0.717, 1.165) is 0 Å². The molecule has 1 unspecified atom stereocenters. The topological polar surface area (TPSA) is 347 Å². The maximum absolute atomic E-state index is 10.7. The van der Waals surface area contributed by atoms with Gasteiger partial charge in [-0.05, 0) is 6.07 Å². The number of halogens is 9. The number of benzene rings is 1. The molecule has 0 fully saturated rings. The van der Waals surface area contributed by atoms with Crippen LogP contribution in [0.15, 0.2) is 29.2 Å². The Labute approximate surface area is 239 Å². The quantitative estimate of drug-likeness (QED) is 0.108. The van der Waals surface area contributed by atoms with Gasteiger partial charge >= 0.3 is 36.3 Å². The van der Waals surface area contributed by atoms with Gasteiger partial charge in [0, 0.05) is 16.5 Å². The average molecular weight is 872 g/mol. The van der Waals surface area contributed by atoms with E-state index in [9.17, 15) is 39.5 Å². The molecule has 0 spiro atoms. The minimum absolute atomic E-state index is 0. The third-order valence-corrected chi connectivity index (χ3v) is 5.88. The van der Waals surface area contributed by atoms with Gasteiger partial charge in [0.05, 0.1) is 6.42 Å². The molecule has 1 heterocycles. The van der Waals surface area contributed by atoms with E-state index in [-0.39, 0.29) is 50.5 Å². The van der Waals surface area contributed by atoms with Gasteiger partial charge < -0.3 is 44.4 Å². The summed E-state index contributed by atoms with van der Waals surface area (Å²) in [5.41, 5.74) is -15.5. The Morgan fingerprint density at radius 2 is 0.825 bits per heavy atom. The zero-order valence-corrected chi connectivity index (χ0v) is 25.4. The van der Waals surface area contributed by atoms with Crippen molar-refractivity contribution in [1.29, 1.82) is 0 Å². The normalized spacial score (nSPS) is 14.1. The molecule has 40 heavy (non-hydrogen) atoms. The van der Waals surface area contributed by atoms with E-state index >= 15 is 0 Å². The van der Waals surface area contributed by atoms with Crippen molar-refractivity contribution in [2.45, 2.75) is 21.4 Å². The monoisotopic (exact) mass is 873 g/mol. The fourth-order valence-electron chi connectivity index (χ4n) is 1.16. The Morgan fingerprint density at radius 3 is 1.02 bits per heavy atom. The number of hydrogen-bond acceptors (Lipinski definition) is 14. The Balaban J connectivity index is -0.0000000546. The standard InChI is InChI=1S/C9H9S.3CHF3O3S.5H3N.Os/c1-10-7-6-8-4-2-3-5-9(8)10;3*2-1(3,4)8(5,6)7;;;;;;/h2-7H,1H3;3*(H,5,6,7);5*1H3;/q+1;;;;;;;;;+2/p-3. The van der Waals surface area contributed by atoms with E-state index in [2.05, 4.69) is 42.7 Å². The van der Waals surface area contributed by atoms with Gasteiger partial charge in [0.15, 0.2) is 41.0 Å². The maximum Gasteiger partial charge on any atom is 2.00 e. The molecule has 1 aromatic rings. The van der Waals surface area contributed by atoms with Crippen LogP contribution in [0.3, 0.4) is 0 Å². The predicted octanol–water partition coefficient (Wildman–Crippen LogP) is 2.98. The largest absolute Gasteiger partial charge is 2.00 e. The van der Waals surface area contributed by atoms with E-state index in [0.29, 0.717) is 10.9 Å². The number of rotatable bonds is 0. The molecule has 0 saturated carbocycles. The van der Waals surface area contributed by atoms with Crippen LogP contribution in [-0.2, 0) is 61.0 Å². The molecular formula is C12H24F9N5O9OsS4. The number of alkyl halides is 9. The fraction of sp³-hybridized carbons (Fsp3) is 0.333. The maximum atomic E-state index is 10.7. The van der Waals surface area contributed by atoms with Gasteiger partial charge in [-0.3, -0.25) is 0 Å². The minimum Gasteiger partial charge on any atom is -0.741 e. The first kappa shape index (κ1) is 58.7. The van der Waals surface area contributed by atoms with Crippen LogP contribution >= 0.6 is 0 Å². The summed E-state index contributed by atoms with van der Waals surface area (Å²) >= 11 is 0. The summed E-state index contributed by atoms with van der Waals surface area (Å²) in [7, 11) is -17.9. The smallest absolute Gasteiger partial charge is 0.741 e. The van der Waals surface area contributed by atoms with Gasteiger partial charge in [-0.15, -0.1) is 0 Å². The molecule has 0 saturated heterocycles. The van der Waals surface area contributed by atoms with Crippen molar-refractivity contribution < 1.29 is 98.2 Å². The summed E-state index contributed by atoms with van der Waals surface area (Å²) in [6, 6.07) is 8.57. The Kier molecular flexibility index (Phi) is 30.7. The zero-order valence-electron chi connectivity index (χ0n) is 19.6. The predicted molar refractivity (Wildman–Crippen MR) is 118 cm³/mol. The van der Waals surface area contributed by atoms with E-state index in [4.69, 9.17) is 38.9 Å². The summed E-state index contributed by atoms with van der Waals surface area (Å²) in [4.78, 5) is 1.49. The molecule has 1 aromatic carbocycles. The number of hydrogen-bond donors (Lipinski definition) is 5. The fourth-order valence-corrected chi connectivity index (χ4v) is 2.46. The van der Waals surface area contributed by atoms with Crippen molar-refractivity contribution in [2.24, 2.45) is 0 Å². The third-order valence-electron chi connectivity index (χ3n) is 2.57. The summed E-state index contributed by atoms with van der Waals surface area (Å²) < 4.78 is 177. The molecule has 2 radical (unpaired) electrons. The van der Waals surface area contributed by atoms with Crippen LogP contribution in [0.5, 0.6) is 0 Å². The Morgan fingerprint density at radius 1 is 0.600 bits per heavy atom. The second-order valence-corrected chi connectivity index (χ2v) is 11.0. The first-order valence-corrected chi connectivity index (χ1v) is 13.0. The number of fused-ring (bicyclic) bond motifs is 1. The second-order valence-electron chi connectivity index (χ2n) is 5.10. The van der Waals surface area contributed by atoms with Crippen LogP contribution < -0.4 is 30.8 Å². The molecule has 28 heteroatoms. The van der Waals surface area contributed by atoms with Gasteiger partial charge in [-0.25, -0.2) is 25.3 Å². The molecule has 1 aliphatic rings. The van der Waals surface area contributed by atoms with Gasteiger partial charge in [0.25, 0.3) is 0 Å². The molecule has 0 aliphatic carbocycles. The van der Waals surface area contributed by atoms with Gasteiger partial charge in [0.1, 0.15) is 6.26 Å². The SMILES string of the molecule is C[S+]1[CH][CH]c2ccccc21.N.N.N.N.N.O=S(=O)([O-])C(F)(F)F.O=S(=O)([O-])C(F)(F)F.O=S(=O)([O-])C(F)(F)F.[Os+2]. The van der Waals surface area contributed by atoms with Crippen molar-refractivity contribution in [3.05, 3.63) is 42.0 Å². The molecule has 2 rings (SSSR count). The summed E-state index contributed by atoms with van der Waals surface area (Å²) in [5, 5.41) is 0. The summed E-state index contributed by atoms with van der Waals surface area (Å²) in [6.07, 6.45) is 4.46. The van der Waals surface area contributed by atoms with Crippen LogP contribution in [0.25, 0.3) is 0 Å². The minimum atomic E-state index is -6.09. The van der Waals surface area contributed by atoms with E-state index in [1.807, 2.05) is 0 Å². The molecule has 0 aromatic heterocycles. The molecular weight excluding hydrogens is 848 g/mol. The van der Waals surface area contributed by atoms with E-state index in [1.165, 1.54) is 10.5 Å². The van der Waals surface area contributed by atoms with Gasteiger partial charge in [0.2, 0.25) is 0 Å². The molecule has 1 aliphatic heterocycles. The van der Waals surface area contributed by atoms with Crippen LogP contribution in [-0.4, -0.2) is 61.7 Å². The van der Waals surface area contributed by atoms with Gasteiger partial charge in [-0.2, -0.15) is 39.5 Å². The molecule has 14 nitrogen and oxygen atoms in total. The second kappa shape index (κ2) is 20.9. The summed E-state index contributed by atoms with van der Waals surface area (Å²) in [5.74, 6) is 2.27. The van der Waals surface area contributed by atoms with Gasteiger partial charge in [-0.1, -0.05) is 18.2 Å². The molecule has 1 atom stereocenters. The van der Waals surface area contributed by atoms with Crippen LogP contribution in [0, 0.1) is 12.2 Å². The van der Waals surface area contributed by atoms with Crippen molar-refractivity contribution in [1.82, 2.24) is 30.8 Å². The average Bonchev–Trinajstić information content (AvgIpc) is 2.93. The zero-order chi connectivity index (χ0) is 28.0. The van der Waals surface area contributed by atoms with Crippen LogP contribution in [0.4, 0.5) is 39.5 Å². The van der Waals surface area contributed by atoms with Crippen LogP contribution in [0.2, 0.25) is 0 Å². The van der Waals surface area contributed by atoms with E-state index in [1.54, 1.807) is 0 Å². The molecule has 246 valence electrons. The molecule has 0 amide bonds. The molecule has 0 bridgehead atoms. The summed E-state index contributed by atoms with van der Waals surface area (Å²) in [6.45, 7) is 0. The van der Waals surface area contributed by atoms with E-state index < -0.39 is 46.9 Å². The molecule has 15 N–H and O–H groups in total. The Hall–Kier alpha value is -0.894. The van der Waals surface area contributed by atoms with Crippen molar-refractivity contribution in [3.8, 4) is 0 Å². The third kappa shape index (κ3) is 22.8. The first-order chi connectivity index (χ1) is 14.6. The van der Waals surface area contributed by atoms with Crippen LogP contribution in [0.1, 0.15) is 5.56 Å². The Bertz CT molecular complexity index is 1040. The van der Waals surface area contributed by atoms with Crippen molar-refractivity contribution in [2.75, 3.05) is 6.26 Å². The first-order valence-electron chi connectivity index (χ1n) is 7.11.